The number of aliphatic hydroxyl groups is 2. The van der Waals surface area contributed by atoms with Crippen molar-refractivity contribution in [1.82, 2.24) is 19.1 Å². The number of aromatic amines is 2. The van der Waals surface area contributed by atoms with E-state index >= 15 is 0 Å². The van der Waals surface area contributed by atoms with Crippen LogP contribution in [0.3, 0.4) is 0 Å². The Morgan fingerprint density at radius 3 is 2.05 bits per heavy atom. The van der Waals surface area contributed by atoms with Gasteiger partial charge in [-0.1, -0.05) is 0 Å². The van der Waals surface area contributed by atoms with E-state index in [1.165, 1.54) is 28.2 Å². The van der Waals surface area contributed by atoms with Gasteiger partial charge in [-0.2, -0.15) is 0 Å². The van der Waals surface area contributed by atoms with E-state index in [4.69, 9.17) is 14.0 Å². The Kier molecular flexibility index (Phi) is 8.27. The maximum atomic E-state index is 13.3. The van der Waals surface area contributed by atoms with Crippen LogP contribution in [0.2, 0.25) is 5.32 Å². The average Bonchev–Trinajstić information content (AvgIpc) is 3.39. The number of hydrogen-bond acceptors (Lipinski definition) is 10. The summed E-state index contributed by atoms with van der Waals surface area (Å²) in [6.07, 6.45) is -1.81. The first-order valence-electron chi connectivity index (χ1n) is 11.5. The molecule has 2 aliphatic heterocycles. The van der Waals surface area contributed by atoms with Crippen LogP contribution < -0.4 is 22.5 Å². The first-order valence-corrected chi connectivity index (χ1v) is 17.0. The first-order chi connectivity index (χ1) is 17.4. The van der Waals surface area contributed by atoms with Crippen LogP contribution in [0.4, 0.5) is 0 Å². The van der Waals surface area contributed by atoms with Gasteiger partial charge in [0, 0.05) is 0 Å². The fourth-order valence-electron chi connectivity index (χ4n) is 4.27. The molecular formula is C21H29N4O10PSe. The van der Waals surface area contributed by atoms with E-state index in [9.17, 15) is 34.0 Å². The van der Waals surface area contributed by atoms with Gasteiger partial charge in [0.2, 0.25) is 0 Å². The molecule has 4 rings (SSSR count). The molecule has 0 amide bonds. The van der Waals surface area contributed by atoms with Crippen molar-refractivity contribution in [3.63, 3.8) is 0 Å². The van der Waals surface area contributed by atoms with E-state index in [1.807, 2.05) is 0 Å². The summed E-state index contributed by atoms with van der Waals surface area (Å²) < 4.78 is 33.2. The molecular weight excluding hydrogens is 578 g/mol. The van der Waals surface area contributed by atoms with Crippen molar-refractivity contribution in [2.45, 2.75) is 68.9 Å². The van der Waals surface area contributed by atoms with E-state index in [-0.39, 0.29) is 18.2 Å². The van der Waals surface area contributed by atoms with Crippen molar-refractivity contribution >= 4 is 20.6 Å². The van der Waals surface area contributed by atoms with Crippen molar-refractivity contribution < 1.29 is 28.8 Å². The van der Waals surface area contributed by atoms with E-state index < -0.39 is 86.5 Å². The van der Waals surface area contributed by atoms with Gasteiger partial charge in [0.25, 0.3) is 0 Å². The number of ether oxygens (including phenoxy) is 2. The van der Waals surface area contributed by atoms with Crippen LogP contribution in [0.1, 0.15) is 36.4 Å². The van der Waals surface area contributed by atoms with Crippen LogP contribution in [0.25, 0.3) is 0 Å². The Morgan fingerprint density at radius 2 is 1.51 bits per heavy atom. The summed E-state index contributed by atoms with van der Waals surface area (Å²) in [5.74, 6) is 0. The molecule has 0 spiro atoms. The summed E-state index contributed by atoms with van der Waals surface area (Å²) >= 11 is -0.636. The van der Waals surface area contributed by atoms with Gasteiger partial charge < -0.3 is 0 Å². The molecule has 2 aromatic rings. The Labute approximate surface area is 215 Å². The molecule has 0 aliphatic carbocycles. The first kappa shape index (κ1) is 27.9. The molecule has 0 bridgehead atoms. The normalized spacial score (nSPS) is 29.4. The zero-order valence-corrected chi connectivity index (χ0v) is 23.0. The monoisotopic (exact) mass is 608 g/mol. The van der Waals surface area contributed by atoms with Crippen LogP contribution in [0, 0.1) is 13.8 Å². The number of aromatic nitrogens is 4. The summed E-state index contributed by atoms with van der Waals surface area (Å²) in [6, 6.07) is -3.22. The molecule has 14 nitrogen and oxygen atoms in total. The number of aliphatic hydroxyl groups excluding tert-OH is 2. The molecule has 4 N–H and O–H groups in total. The minimum atomic E-state index is -3.22. The fraction of sp³-hybridized carbons (Fsp3) is 0.619. The minimum absolute atomic E-state index is 0.124. The van der Waals surface area contributed by atoms with Crippen LogP contribution in [-0.4, -0.2) is 81.5 Å². The van der Waals surface area contributed by atoms with Gasteiger partial charge in [-0.25, -0.2) is 0 Å². The second-order valence-electron chi connectivity index (χ2n) is 9.15. The van der Waals surface area contributed by atoms with Crippen molar-refractivity contribution in [1.29, 1.82) is 0 Å². The Bertz CT molecular complexity index is 1430. The summed E-state index contributed by atoms with van der Waals surface area (Å²) in [6.45, 7) is 4.13. The second-order valence-corrected chi connectivity index (χ2v) is 17.7. The molecule has 2 aromatic heterocycles. The summed E-state index contributed by atoms with van der Waals surface area (Å²) in [4.78, 5) is 52.1. The van der Waals surface area contributed by atoms with Crippen LogP contribution in [0.15, 0.2) is 31.6 Å². The maximum absolute atomic E-state index is 13.3. The third-order valence-corrected chi connectivity index (χ3v) is 12.7. The van der Waals surface area contributed by atoms with Crippen molar-refractivity contribution in [3.8, 4) is 0 Å². The van der Waals surface area contributed by atoms with Crippen molar-refractivity contribution in [2.75, 3.05) is 13.3 Å². The number of nitrogens with one attached hydrogen (secondary N) is 2. The van der Waals surface area contributed by atoms with E-state index in [0.717, 1.165) is 0 Å². The zero-order valence-electron chi connectivity index (χ0n) is 20.4. The third kappa shape index (κ3) is 6.15. The predicted molar refractivity (Wildman–Crippen MR) is 131 cm³/mol. The van der Waals surface area contributed by atoms with Gasteiger partial charge in [-0.15, -0.1) is 0 Å². The molecule has 0 radical (unpaired) electrons. The molecule has 0 aromatic carbocycles. The number of hydrogen-bond donors (Lipinski definition) is 4. The average molecular weight is 607 g/mol. The third-order valence-electron chi connectivity index (χ3n) is 6.28. The number of rotatable bonds is 8. The Balaban J connectivity index is 1.39. The molecule has 0 saturated carbocycles. The van der Waals surface area contributed by atoms with Gasteiger partial charge >= 0.3 is 216 Å². The number of H-pyrrole nitrogens is 2. The summed E-state index contributed by atoms with van der Waals surface area (Å²) in [5.41, 5.74) is -1.68. The Hall–Kier alpha value is -2.09. The van der Waals surface area contributed by atoms with E-state index in [1.54, 1.807) is 13.8 Å². The van der Waals surface area contributed by atoms with Crippen molar-refractivity contribution in [2.24, 2.45) is 0 Å². The fourth-order valence-corrected chi connectivity index (χ4v) is 9.80. The van der Waals surface area contributed by atoms with E-state index in [2.05, 4.69) is 9.97 Å². The standard InChI is InChI=1S/C21H29N4O10PSe/c1-10-6-24(20(30)22-18(10)28)16-4-12(27)15(34-16)9-37-36(3,32)35-13-5-17(33-14(13)8-26)25-7-11(2)19(29)23-21(25)31/h6-7,12-17,26-27H,4-5,8-9H2,1-3H3,(H,22,28,30)(H,23,29,31)/t12-,13-,14+,15+,16+,17+,36?/m0/s1. The van der Waals surface area contributed by atoms with Gasteiger partial charge in [-0.05, 0) is 0 Å². The van der Waals surface area contributed by atoms with Gasteiger partial charge in [-0.3, -0.25) is 0 Å². The molecule has 2 aliphatic rings. The van der Waals surface area contributed by atoms with Crippen LogP contribution in [0.5, 0.6) is 0 Å². The zero-order chi connectivity index (χ0) is 27.1. The SMILES string of the molecule is Cc1cn([C@H]2C[C@H](OP(C)(=O)[Se]C[C@H]3O[C@@H](n4cc(C)c(=O)[nH]c4=O)C[C@@H]3O)[C@@H](CO)O2)c(=O)[nH]c1=O. The quantitative estimate of drug-likeness (QED) is 0.213. The van der Waals surface area contributed by atoms with Crippen molar-refractivity contribution in [3.05, 3.63) is 65.2 Å². The molecule has 7 atom stereocenters. The predicted octanol–water partition coefficient (Wildman–Crippen LogP) is -1.04. The second kappa shape index (κ2) is 11.0. The van der Waals surface area contributed by atoms with Gasteiger partial charge in [0.15, 0.2) is 0 Å². The summed E-state index contributed by atoms with van der Waals surface area (Å²) in [5, 5.41) is 20.5. The van der Waals surface area contributed by atoms with Crippen LogP contribution >= 0.6 is 6.06 Å². The number of aryl methyl sites for hydroxylation is 2. The molecule has 1 unspecified atom stereocenters. The van der Waals surface area contributed by atoms with Gasteiger partial charge in [0.05, 0.1) is 0 Å². The molecule has 2 saturated heterocycles. The molecule has 16 heteroatoms. The summed E-state index contributed by atoms with van der Waals surface area (Å²) in [7, 11) is 0. The molecule has 204 valence electrons. The molecule has 37 heavy (non-hydrogen) atoms. The Morgan fingerprint density at radius 1 is 1.00 bits per heavy atom. The topological polar surface area (TPSA) is 195 Å². The molecule has 4 heterocycles. The number of nitrogens with zero attached hydrogens (tertiary/aromatic N) is 2. The molecule has 2 fully saturated rings. The van der Waals surface area contributed by atoms with Gasteiger partial charge in [0.1, 0.15) is 0 Å². The van der Waals surface area contributed by atoms with Crippen LogP contribution in [-0.2, 0) is 18.6 Å². The van der Waals surface area contributed by atoms with E-state index in [0.29, 0.717) is 11.1 Å².